The van der Waals surface area contributed by atoms with Gasteiger partial charge in [0.15, 0.2) is 5.69 Å². The number of carboxylic acid groups (broad SMARTS) is 1. The molecule has 2 heterocycles. The lowest BCUT2D eigenvalue weighted by atomic mass is 10.1. The summed E-state index contributed by atoms with van der Waals surface area (Å²) in [7, 11) is 0. The fraction of sp³-hybridized carbons (Fsp3) is 0.429. The largest absolute Gasteiger partial charge is 0.481 e. The van der Waals surface area contributed by atoms with Crippen LogP contribution in [0.3, 0.4) is 0 Å². The van der Waals surface area contributed by atoms with Crippen molar-refractivity contribution in [2.24, 2.45) is 0 Å². The lowest BCUT2D eigenvalue weighted by Gasteiger charge is -2.35. The molecule has 1 atom stereocenters. The Morgan fingerprint density at radius 1 is 1.00 bits per heavy atom. The van der Waals surface area contributed by atoms with E-state index in [1.807, 2.05) is 6.07 Å². The van der Waals surface area contributed by atoms with Crippen LogP contribution in [0.4, 0.5) is 4.79 Å². The van der Waals surface area contributed by atoms with Gasteiger partial charge in [0.2, 0.25) is 11.8 Å². The zero-order valence-electron chi connectivity index (χ0n) is 23.6. The molecule has 0 unspecified atom stereocenters. The van der Waals surface area contributed by atoms with Gasteiger partial charge in [0.05, 0.1) is 18.9 Å². The molecule has 0 spiro atoms. The maximum absolute atomic E-state index is 13.3. The van der Waals surface area contributed by atoms with E-state index >= 15 is 0 Å². The first-order valence-corrected chi connectivity index (χ1v) is 13.6. The fourth-order valence-electron chi connectivity index (χ4n) is 4.10. The third-order valence-electron chi connectivity index (χ3n) is 6.15. The number of esters is 1. The molecule has 42 heavy (non-hydrogen) atoms. The van der Waals surface area contributed by atoms with Crippen LogP contribution in [0.1, 0.15) is 37.2 Å². The fourth-order valence-corrected chi connectivity index (χ4v) is 4.10. The van der Waals surface area contributed by atoms with Gasteiger partial charge in [-0.3, -0.25) is 14.4 Å². The molecule has 0 radical (unpaired) electrons. The Hall–Kier alpha value is -4.88. The van der Waals surface area contributed by atoms with Gasteiger partial charge < -0.3 is 34.4 Å². The maximum Gasteiger partial charge on any atom is 0.409 e. The van der Waals surface area contributed by atoms with Crippen molar-refractivity contribution in [1.29, 1.82) is 0 Å². The minimum atomic E-state index is -1.14. The van der Waals surface area contributed by atoms with E-state index in [1.165, 1.54) is 32.7 Å². The molecule has 1 aliphatic rings. The first kappa shape index (κ1) is 31.6. The van der Waals surface area contributed by atoms with Crippen LogP contribution in [0.25, 0.3) is 5.69 Å². The minimum absolute atomic E-state index is 0.0180. The molecule has 0 saturated carbocycles. The Morgan fingerprint density at radius 3 is 2.31 bits per heavy atom. The Morgan fingerprint density at radius 2 is 1.67 bits per heavy atom. The highest BCUT2D eigenvalue weighted by atomic mass is 16.6. The van der Waals surface area contributed by atoms with Crippen LogP contribution in [0.15, 0.2) is 48.6 Å². The molecule has 2 aromatic rings. The van der Waals surface area contributed by atoms with E-state index in [0.29, 0.717) is 5.69 Å². The van der Waals surface area contributed by atoms with E-state index in [2.05, 4.69) is 10.4 Å². The third kappa shape index (κ3) is 9.08. The highest BCUT2D eigenvalue weighted by molar-refractivity contribution is 5.96. The van der Waals surface area contributed by atoms with Gasteiger partial charge in [-0.05, 0) is 38.5 Å². The standard InChI is InChI=1S/C28H35N5O9/c1-3-40-25(36)11-8-18-42-23-19-22(30-33(23)20-9-6-5-7-10-20)26(37)29-21(12-13-24(34)35)27(38)31-14-16-32(17-15-31)28(39)41-4-2/h5-11,19,21H,3-4,12-18H2,1-2H3,(H,29,37)(H,34,35)/t21-/m0/s1. The number of nitrogens with zero attached hydrogens (tertiary/aromatic N) is 4. The second-order valence-corrected chi connectivity index (χ2v) is 9.05. The van der Waals surface area contributed by atoms with Gasteiger partial charge in [-0.1, -0.05) is 18.2 Å². The van der Waals surface area contributed by atoms with Crippen LogP contribution in [-0.2, 0) is 23.9 Å². The average molecular weight is 586 g/mol. The summed E-state index contributed by atoms with van der Waals surface area (Å²) in [5.41, 5.74) is 0.530. The summed E-state index contributed by atoms with van der Waals surface area (Å²) in [6, 6.07) is 9.14. The highest BCUT2D eigenvalue weighted by Crippen LogP contribution is 2.20. The van der Waals surface area contributed by atoms with E-state index < -0.39 is 35.9 Å². The van der Waals surface area contributed by atoms with Crippen molar-refractivity contribution in [2.75, 3.05) is 46.0 Å². The topological polar surface area (TPSA) is 170 Å². The number of benzene rings is 1. The van der Waals surface area contributed by atoms with Crippen LogP contribution in [0, 0.1) is 0 Å². The van der Waals surface area contributed by atoms with Crippen LogP contribution in [0.2, 0.25) is 0 Å². The molecule has 14 heteroatoms. The Bertz CT molecular complexity index is 1270. The van der Waals surface area contributed by atoms with Gasteiger partial charge in [-0.25, -0.2) is 14.3 Å². The molecule has 0 aliphatic carbocycles. The number of nitrogens with one attached hydrogen (secondary N) is 1. The summed E-state index contributed by atoms with van der Waals surface area (Å²) in [5, 5.41) is 16.2. The van der Waals surface area contributed by atoms with Crippen molar-refractivity contribution in [2.45, 2.75) is 32.7 Å². The van der Waals surface area contributed by atoms with Crippen molar-refractivity contribution < 1.29 is 43.3 Å². The number of aliphatic carboxylic acids is 1. The molecule has 0 bridgehead atoms. The van der Waals surface area contributed by atoms with Crippen LogP contribution < -0.4 is 10.1 Å². The summed E-state index contributed by atoms with van der Waals surface area (Å²) >= 11 is 0. The van der Waals surface area contributed by atoms with Crippen molar-refractivity contribution >= 4 is 29.8 Å². The lowest BCUT2D eigenvalue weighted by Crippen LogP contribution is -2.56. The quantitative estimate of drug-likeness (QED) is 0.260. The van der Waals surface area contributed by atoms with E-state index in [4.69, 9.17) is 14.2 Å². The molecule has 1 saturated heterocycles. The number of amides is 3. The average Bonchev–Trinajstić information content (AvgIpc) is 3.42. The highest BCUT2D eigenvalue weighted by Gasteiger charge is 2.31. The van der Waals surface area contributed by atoms with Crippen molar-refractivity contribution in [3.8, 4) is 11.6 Å². The predicted molar refractivity (Wildman–Crippen MR) is 148 cm³/mol. The molecule has 3 rings (SSSR count). The Balaban J connectivity index is 1.75. The number of para-hydroxylation sites is 1. The molecule has 3 amide bonds. The second-order valence-electron chi connectivity index (χ2n) is 9.05. The molecule has 1 fully saturated rings. The summed E-state index contributed by atoms with van der Waals surface area (Å²) in [5.74, 6) is -2.60. The number of carboxylic acids is 1. The molecule has 14 nitrogen and oxygen atoms in total. The number of rotatable bonds is 13. The number of piperazine rings is 1. The number of ether oxygens (including phenoxy) is 3. The SMILES string of the molecule is CCOC(=O)C=CCOc1cc(C(=O)N[C@@H](CCC(=O)O)C(=O)N2CCN(C(=O)OCC)CC2)nn1-c1ccccc1. The molecule has 226 valence electrons. The number of hydrogen-bond donors (Lipinski definition) is 2. The number of carbonyl (C=O) groups is 5. The van der Waals surface area contributed by atoms with Crippen molar-refractivity contribution in [3.63, 3.8) is 0 Å². The molecule has 1 aliphatic heterocycles. The monoisotopic (exact) mass is 585 g/mol. The van der Waals surface area contributed by atoms with Gasteiger partial charge >= 0.3 is 18.0 Å². The predicted octanol–water partition coefficient (Wildman–Crippen LogP) is 1.63. The van der Waals surface area contributed by atoms with Crippen LogP contribution in [0.5, 0.6) is 5.88 Å². The molecule has 1 aromatic carbocycles. The normalized spacial score (nSPS) is 13.9. The van der Waals surface area contributed by atoms with E-state index in [0.717, 1.165) is 0 Å². The Kier molecular flexibility index (Phi) is 11.9. The summed E-state index contributed by atoms with van der Waals surface area (Å²) in [4.78, 5) is 64.4. The van der Waals surface area contributed by atoms with Gasteiger partial charge in [-0.15, -0.1) is 0 Å². The van der Waals surface area contributed by atoms with Gasteiger partial charge in [0.25, 0.3) is 5.91 Å². The Labute approximate surface area is 242 Å². The molecular weight excluding hydrogens is 550 g/mol. The second kappa shape index (κ2) is 15.8. The summed E-state index contributed by atoms with van der Waals surface area (Å²) in [6.45, 7) is 4.76. The van der Waals surface area contributed by atoms with Gasteiger partial charge in [0.1, 0.15) is 12.6 Å². The number of aromatic nitrogens is 2. The number of carbonyl (C=O) groups excluding carboxylic acids is 4. The minimum Gasteiger partial charge on any atom is -0.481 e. The number of hydrogen-bond acceptors (Lipinski definition) is 9. The third-order valence-corrected chi connectivity index (χ3v) is 6.15. The van der Waals surface area contributed by atoms with E-state index in [-0.39, 0.29) is 70.4 Å². The first-order valence-electron chi connectivity index (χ1n) is 13.6. The lowest BCUT2D eigenvalue weighted by molar-refractivity contribution is -0.139. The summed E-state index contributed by atoms with van der Waals surface area (Å²) < 4.78 is 17.0. The molecule has 1 aromatic heterocycles. The van der Waals surface area contributed by atoms with E-state index in [9.17, 15) is 29.1 Å². The smallest absolute Gasteiger partial charge is 0.409 e. The zero-order valence-corrected chi connectivity index (χ0v) is 23.6. The zero-order chi connectivity index (χ0) is 30.5. The van der Waals surface area contributed by atoms with Crippen molar-refractivity contribution in [1.82, 2.24) is 24.9 Å². The van der Waals surface area contributed by atoms with Crippen molar-refractivity contribution in [3.05, 3.63) is 54.2 Å². The molecular formula is C28H35N5O9. The van der Waals surface area contributed by atoms with Crippen LogP contribution in [-0.4, -0.2) is 107 Å². The molecule has 2 N–H and O–H groups in total. The summed E-state index contributed by atoms with van der Waals surface area (Å²) in [6.07, 6.45) is 1.73. The van der Waals surface area contributed by atoms with Gasteiger partial charge in [0, 0.05) is 44.7 Å². The van der Waals surface area contributed by atoms with Gasteiger partial charge in [-0.2, -0.15) is 5.10 Å². The van der Waals surface area contributed by atoms with Crippen LogP contribution >= 0.6 is 0 Å². The first-order chi connectivity index (χ1) is 20.2. The maximum atomic E-state index is 13.3. The van der Waals surface area contributed by atoms with E-state index in [1.54, 1.807) is 38.1 Å².